The molecule has 5 nitrogen and oxygen atoms in total. The van der Waals surface area contributed by atoms with Gasteiger partial charge in [0, 0.05) is 25.4 Å². The van der Waals surface area contributed by atoms with Crippen LogP contribution >= 0.6 is 0 Å². The summed E-state index contributed by atoms with van der Waals surface area (Å²) in [4.78, 5) is 13.1. The predicted molar refractivity (Wildman–Crippen MR) is 95.2 cm³/mol. The van der Waals surface area contributed by atoms with Gasteiger partial charge in [-0.2, -0.15) is 5.10 Å². The van der Waals surface area contributed by atoms with Crippen molar-refractivity contribution in [1.29, 1.82) is 0 Å². The minimum Gasteiger partial charge on any atom is -0.484 e. The standard InChI is InChI=1S/C19H21N3O2/c1-12-19(13(2)21-20-12)16-6-5-15-10-17(8-7-14(15)9-16)24-11-18(23)22(3)4/h5-10H,11H2,1-4H3,(H,20,21). The van der Waals surface area contributed by atoms with Crippen LogP contribution in [0, 0.1) is 13.8 Å². The monoisotopic (exact) mass is 323 g/mol. The molecule has 0 saturated heterocycles. The van der Waals surface area contributed by atoms with E-state index in [1.54, 1.807) is 14.1 Å². The summed E-state index contributed by atoms with van der Waals surface area (Å²) in [6.45, 7) is 4.07. The van der Waals surface area contributed by atoms with Crippen LogP contribution in [0.5, 0.6) is 5.75 Å². The molecule has 0 radical (unpaired) electrons. The first-order valence-corrected chi connectivity index (χ1v) is 7.84. The zero-order valence-corrected chi connectivity index (χ0v) is 14.4. The molecule has 0 aliphatic rings. The van der Waals surface area contributed by atoms with Crippen molar-refractivity contribution in [3.05, 3.63) is 47.8 Å². The first kappa shape index (κ1) is 16.1. The van der Waals surface area contributed by atoms with Gasteiger partial charge in [-0.05, 0) is 48.4 Å². The first-order chi connectivity index (χ1) is 11.5. The Labute approximate surface area is 141 Å². The lowest BCUT2D eigenvalue weighted by Gasteiger charge is -2.12. The Bertz CT molecular complexity index is 877. The number of ether oxygens (including phenoxy) is 1. The maximum atomic E-state index is 11.6. The number of carbonyl (C=O) groups excluding carboxylic acids is 1. The quantitative estimate of drug-likeness (QED) is 0.801. The fourth-order valence-electron chi connectivity index (χ4n) is 2.72. The van der Waals surface area contributed by atoms with Crippen molar-refractivity contribution in [2.75, 3.05) is 20.7 Å². The zero-order chi connectivity index (χ0) is 17.3. The highest BCUT2D eigenvalue weighted by atomic mass is 16.5. The van der Waals surface area contributed by atoms with Crippen LogP contribution in [0.15, 0.2) is 36.4 Å². The Hall–Kier alpha value is -2.82. The molecule has 1 heterocycles. The summed E-state index contributed by atoms with van der Waals surface area (Å²) in [7, 11) is 3.43. The lowest BCUT2D eigenvalue weighted by molar-refractivity contribution is -0.130. The summed E-state index contributed by atoms with van der Waals surface area (Å²) < 4.78 is 5.57. The molecule has 24 heavy (non-hydrogen) atoms. The SMILES string of the molecule is Cc1n[nH]c(C)c1-c1ccc2cc(OCC(=O)N(C)C)ccc2c1. The second kappa shape index (κ2) is 6.35. The number of hydrogen-bond donors (Lipinski definition) is 1. The number of nitrogens with zero attached hydrogens (tertiary/aromatic N) is 2. The lowest BCUT2D eigenvalue weighted by atomic mass is 10.00. The minimum absolute atomic E-state index is 0.0456. The van der Waals surface area contributed by atoms with E-state index in [0.717, 1.165) is 33.3 Å². The van der Waals surface area contributed by atoms with Gasteiger partial charge in [0.05, 0.1) is 5.69 Å². The second-order valence-corrected chi connectivity index (χ2v) is 6.11. The molecule has 1 aromatic heterocycles. The number of H-pyrrole nitrogens is 1. The average molecular weight is 323 g/mol. The normalized spacial score (nSPS) is 10.8. The van der Waals surface area contributed by atoms with Crippen molar-refractivity contribution in [1.82, 2.24) is 15.1 Å². The van der Waals surface area contributed by atoms with E-state index in [-0.39, 0.29) is 12.5 Å². The van der Waals surface area contributed by atoms with Crippen LogP contribution in [-0.2, 0) is 4.79 Å². The Morgan fingerprint density at radius 3 is 2.50 bits per heavy atom. The summed E-state index contributed by atoms with van der Waals surface area (Å²) in [6, 6.07) is 12.2. The van der Waals surface area contributed by atoms with E-state index < -0.39 is 0 Å². The van der Waals surface area contributed by atoms with Crippen molar-refractivity contribution < 1.29 is 9.53 Å². The second-order valence-electron chi connectivity index (χ2n) is 6.11. The van der Waals surface area contributed by atoms with E-state index in [0.29, 0.717) is 5.75 Å². The molecule has 1 amide bonds. The van der Waals surface area contributed by atoms with Crippen molar-refractivity contribution >= 4 is 16.7 Å². The van der Waals surface area contributed by atoms with E-state index in [9.17, 15) is 4.79 Å². The molecule has 0 fully saturated rings. The number of carbonyl (C=O) groups is 1. The molecule has 0 atom stereocenters. The molecule has 0 saturated carbocycles. The van der Waals surface area contributed by atoms with E-state index in [2.05, 4.69) is 28.4 Å². The number of likely N-dealkylation sites (N-methyl/N-ethyl adjacent to an activating group) is 1. The summed E-state index contributed by atoms with van der Waals surface area (Å²) >= 11 is 0. The number of aryl methyl sites for hydroxylation is 2. The van der Waals surface area contributed by atoms with E-state index in [1.165, 1.54) is 4.90 Å². The lowest BCUT2D eigenvalue weighted by Crippen LogP contribution is -2.27. The van der Waals surface area contributed by atoms with Gasteiger partial charge in [0.2, 0.25) is 0 Å². The molecule has 1 N–H and O–H groups in total. The molecule has 0 bridgehead atoms. The van der Waals surface area contributed by atoms with Crippen LogP contribution in [0.3, 0.4) is 0 Å². The summed E-state index contributed by atoms with van der Waals surface area (Å²) in [5.41, 5.74) is 4.35. The molecule has 5 heteroatoms. The molecule has 0 aliphatic heterocycles. The van der Waals surface area contributed by atoms with Crippen molar-refractivity contribution in [2.24, 2.45) is 0 Å². The number of fused-ring (bicyclic) bond motifs is 1. The number of benzene rings is 2. The van der Waals surface area contributed by atoms with Crippen LogP contribution in [0.1, 0.15) is 11.4 Å². The van der Waals surface area contributed by atoms with Crippen LogP contribution in [0.4, 0.5) is 0 Å². The van der Waals surface area contributed by atoms with Crippen LogP contribution in [-0.4, -0.2) is 41.7 Å². The maximum absolute atomic E-state index is 11.6. The number of aromatic amines is 1. The Morgan fingerprint density at radius 2 is 1.83 bits per heavy atom. The molecular formula is C19H21N3O2. The minimum atomic E-state index is -0.0589. The van der Waals surface area contributed by atoms with Crippen molar-refractivity contribution in [3.63, 3.8) is 0 Å². The summed E-state index contributed by atoms with van der Waals surface area (Å²) in [5.74, 6) is 0.637. The van der Waals surface area contributed by atoms with E-state index in [4.69, 9.17) is 4.74 Å². The third-order valence-electron chi connectivity index (χ3n) is 4.09. The highest BCUT2D eigenvalue weighted by Gasteiger charge is 2.10. The van der Waals surface area contributed by atoms with Crippen molar-refractivity contribution in [2.45, 2.75) is 13.8 Å². The molecule has 0 spiro atoms. The zero-order valence-electron chi connectivity index (χ0n) is 14.4. The predicted octanol–water partition coefficient (Wildman–Crippen LogP) is 3.31. The van der Waals surface area contributed by atoms with Crippen LogP contribution in [0.25, 0.3) is 21.9 Å². The smallest absolute Gasteiger partial charge is 0.259 e. The van der Waals surface area contributed by atoms with Crippen LogP contribution in [0.2, 0.25) is 0 Å². The summed E-state index contributed by atoms with van der Waals surface area (Å²) in [6.07, 6.45) is 0. The van der Waals surface area contributed by atoms with Gasteiger partial charge < -0.3 is 9.64 Å². The Morgan fingerprint density at radius 1 is 1.12 bits per heavy atom. The fraction of sp³-hybridized carbons (Fsp3) is 0.263. The number of nitrogens with one attached hydrogen (secondary N) is 1. The summed E-state index contributed by atoms with van der Waals surface area (Å²) in [5, 5.41) is 9.48. The highest BCUT2D eigenvalue weighted by molar-refractivity contribution is 5.89. The Kier molecular flexibility index (Phi) is 4.25. The fourth-order valence-corrected chi connectivity index (χ4v) is 2.72. The topological polar surface area (TPSA) is 58.2 Å². The third kappa shape index (κ3) is 3.11. The molecule has 124 valence electrons. The first-order valence-electron chi connectivity index (χ1n) is 7.84. The van der Waals surface area contributed by atoms with Gasteiger partial charge in [-0.15, -0.1) is 0 Å². The van der Waals surface area contributed by atoms with Gasteiger partial charge in [0.15, 0.2) is 6.61 Å². The molecule has 2 aromatic carbocycles. The number of rotatable bonds is 4. The molecule has 3 aromatic rings. The van der Waals surface area contributed by atoms with Gasteiger partial charge in [0.25, 0.3) is 5.91 Å². The number of hydrogen-bond acceptors (Lipinski definition) is 3. The van der Waals surface area contributed by atoms with Gasteiger partial charge in [0.1, 0.15) is 5.75 Å². The maximum Gasteiger partial charge on any atom is 0.259 e. The molecular weight excluding hydrogens is 302 g/mol. The van der Waals surface area contributed by atoms with Gasteiger partial charge in [-0.3, -0.25) is 9.89 Å². The molecule has 0 unspecified atom stereocenters. The molecule has 0 aliphatic carbocycles. The average Bonchev–Trinajstić information content (AvgIpc) is 2.90. The number of amides is 1. The van der Waals surface area contributed by atoms with Gasteiger partial charge >= 0.3 is 0 Å². The third-order valence-corrected chi connectivity index (χ3v) is 4.09. The molecule has 3 rings (SSSR count). The number of aromatic nitrogens is 2. The highest BCUT2D eigenvalue weighted by Crippen LogP contribution is 2.30. The largest absolute Gasteiger partial charge is 0.484 e. The van der Waals surface area contributed by atoms with Crippen molar-refractivity contribution in [3.8, 4) is 16.9 Å². The van der Waals surface area contributed by atoms with Crippen LogP contribution < -0.4 is 4.74 Å². The van der Waals surface area contributed by atoms with E-state index >= 15 is 0 Å². The van der Waals surface area contributed by atoms with E-state index in [1.807, 2.05) is 32.0 Å². The Balaban J connectivity index is 1.88. The van der Waals surface area contributed by atoms with Gasteiger partial charge in [-0.1, -0.05) is 18.2 Å². The van der Waals surface area contributed by atoms with Gasteiger partial charge in [-0.25, -0.2) is 0 Å².